The Labute approximate surface area is 131 Å². The molecule has 3 nitrogen and oxygen atoms in total. The number of ether oxygens (including phenoxy) is 1. The maximum absolute atomic E-state index is 5.20. The van der Waals surface area contributed by atoms with Crippen molar-refractivity contribution >= 4 is 0 Å². The van der Waals surface area contributed by atoms with E-state index in [0.29, 0.717) is 17.0 Å². The van der Waals surface area contributed by atoms with Gasteiger partial charge in [0.25, 0.3) is 0 Å². The lowest BCUT2D eigenvalue weighted by atomic mass is 9.76. The second kappa shape index (κ2) is 7.43. The molecule has 0 aromatic heterocycles. The van der Waals surface area contributed by atoms with Gasteiger partial charge in [-0.25, -0.2) is 0 Å². The zero-order valence-corrected chi connectivity index (χ0v) is 14.7. The number of rotatable bonds is 5. The van der Waals surface area contributed by atoms with Crippen molar-refractivity contribution in [1.82, 2.24) is 10.2 Å². The summed E-state index contributed by atoms with van der Waals surface area (Å²) in [5.41, 5.74) is 0.770. The van der Waals surface area contributed by atoms with E-state index in [1.165, 1.54) is 58.0 Å². The van der Waals surface area contributed by atoms with Gasteiger partial charge in [-0.05, 0) is 37.6 Å². The highest BCUT2D eigenvalue weighted by atomic mass is 16.5. The third kappa shape index (κ3) is 4.67. The first-order valence-corrected chi connectivity index (χ1v) is 8.95. The SMILES string of the molecule is COCCCCN1CC2(CCCCC2)NCC1C(C)(C)C. The highest BCUT2D eigenvalue weighted by Gasteiger charge is 2.42. The van der Waals surface area contributed by atoms with Gasteiger partial charge in [0.1, 0.15) is 0 Å². The molecular formula is C18H36N2O. The minimum Gasteiger partial charge on any atom is -0.385 e. The fourth-order valence-corrected chi connectivity index (χ4v) is 4.21. The first kappa shape index (κ1) is 17.2. The molecule has 0 bridgehead atoms. The van der Waals surface area contributed by atoms with Crippen molar-refractivity contribution in [1.29, 1.82) is 0 Å². The van der Waals surface area contributed by atoms with Crippen molar-refractivity contribution in [2.45, 2.75) is 77.3 Å². The van der Waals surface area contributed by atoms with E-state index < -0.39 is 0 Å². The summed E-state index contributed by atoms with van der Waals surface area (Å²) in [4.78, 5) is 2.79. The summed E-state index contributed by atoms with van der Waals surface area (Å²) in [7, 11) is 1.81. The Bertz CT molecular complexity index is 305. The Hall–Kier alpha value is -0.120. The van der Waals surface area contributed by atoms with Gasteiger partial charge in [0.2, 0.25) is 0 Å². The molecule has 1 saturated heterocycles. The molecule has 1 unspecified atom stereocenters. The lowest BCUT2D eigenvalue weighted by Gasteiger charge is -2.53. The summed E-state index contributed by atoms with van der Waals surface area (Å²) in [6.07, 6.45) is 9.44. The first-order valence-electron chi connectivity index (χ1n) is 8.95. The van der Waals surface area contributed by atoms with Crippen molar-refractivity contribution in [3.8, 4) is 0 Å². The summed E-state index contributed by atoms with van der Waals surface area (Å²) in [5, 5.41) is 3.96. The van der Waals surface area contributed by atoms with Crippen LogP contribution in [0.15, 0.2) is 0 Å². The van der Waals surface area contributed by atoms with Gasteiger partial charge >= 0.3 is 0 Å². The highest BCUT2D eigenvalue weighted by molar-refractivity contribution is 5.02. The molecular weight excluding hydrogens is 260 g/mol. The highest BCUT2D eigenvalue weighted by Crippen LogP contribution is 2.35. The Morgan fingerprint density at radius 2 is 1.86 bits per heavy atom. The van der Waals surface area contributed by atoms with Gasteiger partial charge in [-0.15, -0.1) is 0 Å². The first-order chi connectivity index (χ1) is 9.97. The molecule has 1 spiro atoms. The van der Waals surface area contributed by atoms with E-state index in [-0.39, 0.29) is 0 Å². The average molecular weight is 296 g/mol. The molecule has 3 heteroatoms. The van der Waals surface area contributed by atoms with Crippen LogP contribution in [0.1, 0.15) is 65.7 Å². The van der Waals surface area contributed by atoms with Crippen LogP contribution in [0.3, 0.4) is 0 Å². The van der Waals surface area contributed by atoms with E-state index >= 15 is 0 Å². The molecule has 1 aliphatic carbocycles. The van der Waals surface area contributed by atoms with Crippen molar-refractivity contribution in [2.75, 3.05) is 33.4 Å². The van der Waals surface area contributed by atoms with Crippen molar-refractivity contribution in [3.63, 3.8) is 0 Å². The molecule has 21 heavy (non-hydrogen) atoms. The molecule has 1 aliphatic heterocycles. The summed E-state index contributed by atoms with van der Waals surface area (Å²) < 4.78 is 5.20. The molecule has 0 aromatic rings. The number of piperazine rings is 1. The topological polar surface area (TPSA) is 24.5 Å². The third-order valence-electron chi connectivity index (χ3n) is 5.47. The van der Waals surface area contributed by atoms with Crippen LogP contribution < -0.4 is 5.32 Å². The van der Waals surface area contributed by atoms with E-state index in [2.05, 4.69) is 31.0 Å². The summed E-state index contributed by atoms with van der Waals surface area (Å²) in [6, 6.07) is 0.660. The number of nitrogens with zero attached hydrogens (tertiary/aromatic N) is 1. The fourth-order valence-electron chi connectivity index (χ4n) is 4.21. The number of unbranched alkanes of at least 4 members (excludes halogenated alkanes) is 1. The monoisotopic (exact) mass is 296 g/mol. The summed E-state index contributed by atoms with van der Waals surface area (Å²) in [5.74, 6) is 0. The van der Waals surface area contributed by atoms with Crippen molar-refractivity contribution < 1.29 is 4.74 Å². The molecule has 1 heterocycles. The molecule has 0 aromatic carbocycles. The lowest BCUT2D eigenvalue weighted by Crippen LogP contribution is -2.67. The molecule has 1 atom stereocenters. The van der Waals surface area contributed by atoms with Crippen LogP contribution >= 0.6 is 0 Å². The van der Waals surface area contributed by atoms with Gasteiger partial charge in [-0.1, -0.05) is 40.0 Å². The van der Waals surface area contributed by atoms with Crippen LogP contribution in [0.25, 0.3) is 0 Å². The van der Waals surface area contributed by atoms with E-state index in [1.807, 2.05) is 0 Å². The standard InChI is InChI=1S/C18H36N2O/c1-17(2,3)16-14-19-18(10-6-5-7-11-18)15-20(16)12-8-9-13-21-4/h16,19H,5-15H2,1-4H3. The van der Waals surface area contributed by atoms with E-state index in [9.17, 15) is 0 Å². The summed E-state index contributed by atoms with van der Waals surface area (Å²) in [6.45, 7) is 11.7. The van der Waals surface area contributed by atoms with Gasteiger partial charge in [0.15, 0.2) is 0 Å². The molecule has 0 amide bonds. The van der Waals surface area contributed by atoms with E-state index in [1.54, 1.807) is 7.11 Å². The zero-order valence-electron chi connectivity index (χ0n) is 14.7. The normalized spacial score (nSPS) is 27.1. The smallest absolute Gasteiger partial charge is 0.0462 e. The van der Waals surface area contributed by atoms with Gasteiger partial charge in [-0.2, -0.15) is 0 Å². The molecule has 1 N–H and O–H groups in total. The average Bonchev–Trinajstić information content (AvgIpc) is 2.43. The Morgan fingerprint density at radius 1 is 1.14 bits per heavy atom. The van der Waals surface area contributed by atoms with Gasteiger partial charge in [0, 0.05) is 38.4 Å². The third-order valence-corrected chi connectivity index (χ3v) is 5.47. The van der Waals surface area contributed by atoms with Gasteiger partial charge in [0.05, 0.1) is 0 Å². The zero-order chi connectivity index (χ0) is 15.3. The second-order valence-electron chi connectivity index (χ2n) is 8.27. The van der Waals surface area contributed by atoms with Crippen LogP contribution in [-0.4, -0.2) is 49.8 Å². The lowest BCUT2D eigenvalue weighted by molar-refractivity contribution is 0.00668. The van der Waals surface area contributed by atoms with E-state index in [4.69, 9.17) is 4.74 Å². The predicted molar refractivity (Wildman–Crippen MR) is 89.7 cm³/mol. The maximum atomic E-state index is 5.20. The fraction of sp³-hybridized carbons (Fsp3) is 1.00. The minimum atomic E-state index is 0.352. The largest absolute Gasteiger partial charge is 0.385 e. The van der Waals surface area contributed by atoms with Gasteiger partial charge < -0.3 is 10.1 Å². The van der Waals surface area contributed by atoms with Crippen LogP contribution in [0.5, 0.6) is 0 Å². The summed E-state index contributed by atoms with van der Waals surface area (Å²) >= 11 is 0. The quantitative estimate of drug-likeness (QED) is 0.787. The minimum absolute atomic E-state index is 0.352. The van der Waals surface area contributed by atoms with E-state index in [0.717, 1.165) is 13.2 Å². The molecule has 124 valence electrons. The Balaban J connectivity index is 1.97. The van der Waals surface area contributed by atoms with Crippen LogP contribution in [0.4, 0.5) is 0 Å². The second-order valence-corrected chi connectivity index (χ2v) is 8.27. The predicted octanol–water partition coefficient (Wildman–Crippen LogP) is 3.44. The number of methoxy groups -OCH3 is 1. The number of hydrogen-bond acceptors (Lipinski definition) is 3. The van der Waals surface area contributed by atoms with Crippen LogP contribution in [-0.2, 0) is 4.74 Å². The Kier molecular flexibility index (Phi) is 6.10. The van der Waals surface area contributed by atoms with Crippen molar-refractivity contribution in [3.05, 3.63) is 0 Å². The van der Waals surface area contributed by atoms with Crippen LogP contribution in [0, 0.1) is 5.41 Å². The Morgan fingerprint density at radius 3 is 2.48 bits per heavy atom. The molecule has 1 saturated carbocycles. The van der Waals surface area contributed by atoms with Crippen LogP contribution in [0.2, 0.25) is 0 Å². The molecule has 2 rings (SSSR count). The molecule has 0 radical (unpaired) electrons. The number of hydrogen-bond donors (Lipinski definition) is 1. The van der Waals surface area contributed by atoms with Crippen molar-refractivity contribution in [2.24, 2.45) is 5.41 Å². The maximum Gasteiger partial charge on any atom is 0.0462 e. The molecule has 2 fully saturated rings. The molecule has 2 aliphatic rings. The number of nitrogens with one attached hydrogen (secondary N) is 1. The van der Waals surface area contributed by atoms with Gasteiger partial charge in [-0.3, -0.25) is 4.90 Å².